The number of thioether (sulfide) groups is 1. The second-order valence-electron chi connectivity index (χ2n) is 3.79. The summed E-state index contributed by atoms with van der Waals surface area (Å²) >= 11 is 3.90. The van der Waals surface area contributed by atoms with Crippen molar-refractivity contribution in [1.29, 1.82) is 0 Å². The first-order valence-electron chi connectivity index (χ1n) is 5.44. The summed E-state index contributed by atoms with van der Waals surface area (Å²) in [5, 5.41) is 0. The Bertz CT molecular complexity index is 425. The molecule has 2 rings (SSSR count). The van der Waals surface area contributed by atoms with E-state index >= 15 is 0 Å². The molecule has 0 aliphatic carbocycles. The van der Waals surface area contributed by atoms with E-state index in [1.165, 1.54) is 4.90 Å². The third-order valence-corrected chi connectivity index (χ3v) is 4.31. The number of methoxy groups -OCH3 is 1. The molecule has 1 amide bonds. The number of ether oxygens (including phenoxy) is 1. The second-order valence-corrected chi connectivity index (χ2v) is 6.06. The average molecular weight is 363 g/mol. The molecule has 0 N–H and O–H groups in total. The molecule has 0 saturated heterocycles. The number of carbonyl (C=O) groups excluding carboxylic acids is 1. The molecule has 0 atom stereocenters. The molecule has 0 fully saturated rings. The smallest absolute Gasteiger partial charge is 0.237 e. The maximum atomic E-state index is 11.9. The number of carbonyl (C=O) groups is 1. The second kappa shape index (κ2) is 6.06. The molecule has 0 aromatic heterocycles. The minimum absolute atomic E-state index is 0.195. The van der Waals surface area contributed by atoms with Crippen molar-refractivity contribution in [3.05, 3.63) is 21.8 Å². The van der Waals surface area contributed by atoms with Gasteiger partial charge in [-0.3, -0.25) is 4.79 Å². The first-order chi connectivity index (χ1) is 8.22. The zero-order valence-corrected chi connectivity index (χ0v) is 12.6. The molecule has 1 aliphatic heterocycles. The molecule has 0 bridgehead atoms. The largest absolute Gasteiger partial charge is 0.385 e. The van der Waals surface area contributed by atoms with Crippen molar-refractivity contribution in [3.8, 4) is 0 Å². The van der Waals surface area contributed by atoms with Crippen LogP contribution in [-0.2, 0) is 9.53 Å². The Balaban J connectivity index is 2.20. The Morgan fingerprint density at radius 2 is 2.35 bits per heavy atom. The van der Waals surface area contributed by atoms with Gasteiger partial charge < -0.3 is 9.64 Å². The summed E-state index contributed by atoms with van der Waals surface area (Å²) in [4.78, 5) is 15.0. The third-order valence-electron chi connectivity index (χ3n) is 2.59. The van der Waals surface area contributed by atoms with Gasteiger partial charge in [-0.25, -0.2) is 0 Å². The van der Waals surface area contributed by atoms with Crippen LogP contribution < -0.4 is 4.90 Å². The van der Waals surface area contributed by atoms with E-state index in [-0.39, 0.29) is 5.91 Å². The Labute approximate surface area is 119 Å². The maximum absolute atomic E-state index is 11.9. The van der Waals surface area contributed by atoms with Gasteiger partial charge in [0.25, 0.3) is 0 Å². The van der Waals surface area contributed by atoms with Gasteiger partial charge >= 0.3 is 0 Å². The maximum Gasteiger partial charge on any atom is 0.237 e. The number of rotatable bonds is 4. The third kappa shape index (κ3) is 3.14. The summed E-state index contributed by atoms with van der Waals surface area (Å²) in [6.45, 7) is 1.43. The fourth-order valence-electron chi connectivity index (χ4n) is 1.79. The van der Waals surface area contributed by atoms with Gasteiger partial charge in [-0.1, -0.05) is 0 Å². The van der Waals surface area contributed by atoms with Crippen LogP contribution in [0.3, 0.4) is 0 Å². The number of nitrogens with zero attached hydrogens (tertiary/aromatic N) is 1. The molecule has 92 valence electrons. The first kappa shape index (κ1) is 13.2. The predicted molar refractivity (Wildman–Crippen MR) is 78.7 cm³/mol. The molecule has 0 radical (unpaired) electrons. The quantitative estimate of drug-likeness (QED) is 0.609. The Morgan fingerprint density at radius 1 is 1.53 bits per heavy atom. The summed E-state index contributed by atoms with van der Waals surface area (Å²) < 4.78 is 6.20. The summed E-state index contributed by atoms with van der Waals surface area (Å²) in [6.07, 6.45) is 0.873. The molecule has 1 aliphatic rings. The number of benzene rings is 1. The van der Waals surface area contributed by atoms with Gasteiger partial charge in [0.1, 0.15) is 0 Å². The van der Waals surface area contributed by atoms with Crippen LogP contribution in [0.15, 0.2) is 23.1 Å². The Hall–Kier alpha value is -0.270. The monoisotopic (exact) mass is 363 g/mol. The first-order valence-corrected chi connectivity index (χ1v) is 7.50. The van der Waals surface area contributed by atoms with Gasteiger partial charge in [-0.05, 0) is 47.2 Å². The molecule has 3 nitrogen and oxygen atoms in total. The minimum Gasteiger partial charge on any atom is -0.385 e. The van der Waals surface area contributed by atoms with E-state index in [4.69, 9.17) is 4.74 Å². The highest BCUT2D eigenvalue weighted by atomic mass is 127. The number of anilines is 1. The highest BCUT2D eigenvalue weighted by molar-refractivity contribution is 14.1. The molecule has 0 saturated carbocycles. The van der Waals surface area contributed by atoms with Crippen molar-refractivity contribution in [1.82, 2.24) is 0 Å². The predicted octanol–water partition coefficient (Wildman–Crippen LogP) is 2.77. The van der Waals surface area contributed by atoms with Crippen molar-refractivity contribution in [2.75, 3.05) is 30.9 Å². The summed E-state index contributed by atoms with van der Waals surface area (Å²) in [5.41, 5.74) is 1.05. The van der Waals surface area contributed by atoms with Gasteiger partial charge in [0, 0.05) is 28.7 Å². The van der Waals surface area contributed by atoms with Crippen molar-refractivity contribution >= 4 is 45.9 Å². The van der Waals surface area contributed by atoms with Crippen LogP contribution in [0.2, 0.25) is 0 Å². The zero-order chi connectivity index (χ0) is 12.3. The van der Waals surface area contributed by atoms with Crippen LogP contribution >= 0.6 is 34.4 Å². The van der Waals surface area contributed by atoms with Crippen LogP contribution in [0.4, 0.5) is 5.69 Å². The van der Waals surface area contributed by atoms with Crippen LogP contribution in [0.1, 0.15) is 6.42 Å². The van der Waals surface area contributed by atoms with Crippen molar-refractivity contribution in [2.45, 2.75) is 11.3 Å². The minimum atomic E-state index is 0.195. The fraction of sp³-hybridized carbons (Fsp3) is 0.417. The standard InChI is InChI=1S/C12H14INO2S/c1-16-6-2-5-14-10-7-9(13)3-4-11(10)17-8-12(14)15/h3-4,7H,2,5-6,8H2,1H3. The molecular weight excluding hydrogens is 349 g/mol. The Morgan fingerprint density at radius 3 is 3.12 bits per heavy atom. The van der Waals surface area contributed by atoms with E-state index in [2.05, 4.69) is 40.8 Å². The lowest BCUT2D eigenvalue weighted by molar-refractivity contribution is -0.116. The number of hydrogen-bond donors (Lipinski definition) is 0. The lowest BCUT2D eigenvalue weighted by Crippen LogP contribution is -2.36. The number of halogens is 1. The molecule has 17 heavy (non-hydrogen) atoms. The highest BCUT2D eigenvalue weighted by Gasteiger charge is 2.24. The van der Waals surface area contributed by atoms with Crippen LogP contribution in [0.5, 0.6) is 0 Å². The molecule has 0 spiro atoms. The average Bonchev–Trinajstić information content (AvgIpc) is 2.32. The lowest BCUT2D eigenvalue weighted by atomic mass is 10.2. The molecule has 1 heterocycles. The van der Waals surface area contributed by atoms with Gasteiger partial charge in [0.15, 0.2) is 0 Å². The lowest BCUT2D eigenvalue weighted by Gasteiger charge is -2.29. The highest BCUT2D eigenvalue weighted by Crippen LogP contribution is 2.36. The molecule has 5 heteroatoms. The number of hydrogen-bond acceptors (Lipinski definition) is 3. The summed E-state index contributed by atoms with van der Waals surface area (Å²) in [7, 11) is 1.69. The Kier molecular flexibility index (Phi) is 4.69. The van der Waals surface area contributed by atoms with E-state index in [1.54, 1.807) is 18.9 Å². The summed E-state index contributed by atoms with van der Waals surface area (Å²) in [6, 6.07) is 6.25. The van der Waals surface area contributed by atoms with Crippen LogP contribution in [0, 0.1) is 3.57 Å². The topological polar surface area (TPSA) is 29.5 Å². The van der Waals surface area contributed by atoms with Gasteiger partial charge in [0.05, 0.1) is 11.4 Å². The molecule has 1 aromatic rings. The van der Waals surface area contributed by atoms with Gasteiger partial charge in [-0.15, -0.1) is 11.8 Å². The number of fused-ring (bicyclic) bond motifs is 1. The fourth-order valence-corrected chi connectivity index (χ4v) is 3.18. The number of amides is 1. The van der Waals surface area contributed by atoms with E-state index < -0.39 is 0 Å². The van der Waals surface area contributed by atoms with E-state index in [1.807, 2.05) is 4.90 Å². The van der Waals surface area contributed by atoms with Crippen LogP contribution in [0.25, 0.3) is 0 Å². The molecular formula is C12H14INO2S. The van der Waals surface area contributed by atoms with Crippen molar-refractivity contribution in [2.24, 2.45) is 0 Å². The van der Waals surface area contributed by atoms with E-state index in [0.717, 1.165) is 22.2 Å². The van der Waals surface area contributed by atoms with Gasteiger partial charge in [-0.2, -0.15) is 0 Å². The van der Waals surface area contributed by atoms with Crippen molar-refractivity contribution < 1.29 is 9.53 Å². The SMILES string of the molecule is COCCCN1C(=O)CSc2ccc(I)cc21. The normalized spacial score (nSPS) is 14.9. The molecule has 1 aromatic carbocycles. The van der Waals surface area contributed by atoms with E-state index in [9.17, 15) is 4.79 Å². The summed E-state index contributed by atoms with van der Waals surface area (Å²) in [5.74, 6) is 0.737. The van der Waals surface area contributed by atoms with Crippen LogP contribution in [-0.4, -0.2) is 31.9 Å². The van der Waals surface area contributed by atoms with Crippen molar-refractivity contribution in [3.63, 3.8) is 0 Å². The molecule has 0 unspecified atom stereocenters. The van der Waals surface area contributed by atoms with E-state index in [0.29, 0.717) is 12.4 Å². The van der Waals surface area contributed by atoms with Gasteiger partial charge in [0.2, 0.25) is 5.91 Å². The zero-order valence-electron chi connectivity index (χ0n) is 9.61.